The van der Waals surface area contributed by atoms with Gasteiger partial charge in [-0.1, -0.05) is 11.8 Å². The second kappa shape index (κ2) is 4.38. The molecule has 2 N–H and O–H groups in total. The molecule has 1 atom stereocenters. The number of aryl methyl sites for hydroxylation is 1. The van der Waals surface area contributed by atoms with Gasteiger partial charge in [0, 0.05) is 5.69 Å². The maximum atomic E-state index is 11.4. The third-order valence-corrected chi connectivity index (χ3v) is 4.15. The molecule has 98 valence electrons. The average molecular weight is 275 g/mol. The molecule has 19 heavy (non-hydrogen) atoms. The zero-order valence-corrected chi connectivity index (χ0v) is 11.4. The molecule has 2 aliphatic heterocycles. The van der Waals surface area contributed by atoms with Gasteiger partial charge in [-0.15, -0.1) is 0 Å². The summed E-state index contributed by atoms with van der Waals surface area (Å²) in [5.41, 5.74) is 7.23. The van der Waals surface area contributed by atoms with Crippen molar-refractivity contribution in [2.75, 3.05) is 5.32 Å². The number of thioether (sulfide) groups is 1. The maximum Gasteiger partial charge on any atom is 0.299 e. The molecule has 1 aromatic rings. The fourth-order valence-electron chi connectivity index (χ4n) is 2.42. The van der Waals surface area contributed by atoms with Gasteiger partial charge < -0.3 is 5.32 Å². The molecule has 0 spiro atoms. The first-order valence-corrected chi connectivity index (χ1v) is 6.90. The molecule has 0 fully saturated rings. The van der Waals surface area contributed by atoms with Crippen LogP contribution in [0.1, 0.15) is 23.6 Å². The van der Waals surface area contributed by atoms with Crippen LogP contribution in [-0.2, 0) is 11.2 Å². The molecule has 6 heteroatoms. The Morgan fingerprint density at radius 3 is 2.89 bits per heavy atom. The SMILES string of the molecule is Cc1cc(C2=NNC(=O)S[C@H]2C)cc2c1NC(=O)C2. The summed E-state index contributed by atoms with van der Waals surface area (Å²) in [5, 5.41) is 6.88. The van der Waals surface area contributed by atoms with E-state index in [1.807, 2.05) is 26.0 Å². The van der Waals surface area contributed by atoms with Crippen LogP contribution in [-0.4, -0.2) is 22.1 Å². The number of hydrazone groups is 1. The first-order chi connectivity index (χ1) is 9.04. The number of carbonyl (C=O) groups excluding carboxylic acids is 2. The monoisotopic (exact) mass is 275 g/mol. The van der Waals surface area contributed by atoms with Gasteiger partial charge in [0.2, 0.25) is 5.91 Å². The molecule has 2 amide bonds. The van der Waals surface area contributed by atoms with Crippen LogP contribution in [0, 0.1) is 6.92 Å². The predicted molar refractivity (Wildman–Crippen MR) is 75.6 cm³/mol. The van der Waals surface area contributed by atoms with E-state index in [0.717, 1.165) is 28.1 Å². The lowest BCUT2D eigenvalue weighted by Crippen LogP contribution is -2.29. The molecule has 0 bridgehead atoms. The molecule has 0 saturated heterocycles. The van der Waals surface area contributed by atoms with Crippen molar-refractivity contribution >= 4 is 34.3 Å². The Hall–Kier alpha value is -1.82. The number of rotatable bonds is 1. The number of carbonyl (C=O) groups is 2. The molecule has 0 aromatic heterocycles. The number of benzene rings is 1. The van der Waals surface area contributed by atoms with Crippen molar-refractivity contribution in [1.82, 2.24) is 5.43 Å². The molecule has 5 nitrogen and oxygen atoms in total. The van der Waals surface area contributed by atoms with Gasteiger partial charge in [0.15, 0.2) is 0 Å². The Morgan fingerprint density at radius 2 is 2.16 bits per heavy atom. The molecule has 2 aliphatic rings. The molecular weight excluding hydrogens is 262 g/mol. The van der Waals surface area contributed by atoms with E-state index in [1.165, 1.54) is 11.8 Å². The zero-order valence-electron chi connectivity index (χ0n) is 10.6. The lowest BCUT2D eigenvalue weighted by molar-refractivity contribution is -0.115. The van der Waals surface area contributed by atoms with Gasteiger partial charge in [0.25, 0.3) is 5.24 Å². The van der Waals surface area contributed by atoms with Crippen molar-refractivity contribution in [3.8, 4) is 0 Å². The highest BCUT2D eigenvalue weighted by molar-refractivity contribution is 8.14. The van der Waals surface area contributed by atoms with Gasteiger partial charge in [-0.05, 0) is 42.7 Å². The summed E-state index contributed by atoms with van der Waals surface area (Å²) >= 11 is 1.22. The quantitative estimate of drug-likeness (QED) is 0.824. The number of fused-ring (bicyclic) bond motifs is 1. The Balaban J connectivity index is 2.03. The molecular formula is C13H13N3O2S. The second-order valence-electron chi connectivity index (χ2n) is 4.71. The zero-order chi connectivity index (χ0) is 13.6. The highest BCUT2D eigenvalue weighted by Crippen LogP contribution is 2.30. The summed E-state index contributed by atoms with van der Waals surface area (Å²) in [6, 6.07) is 3.98. The Bertz CT molecular complexity index is 625. The number of nitrogens with one attached hydrogen (secondary N) is 2. The van der Waals surface area contributed by atoms with Crippen LogP contribution in [0.3, 0.4) is 0 Å². The summed E-state index contributed by atoms with van der Waals surface area (Å²) in [5.74, 6) is 0.0246. The van der Waals surface area contributed by atoms with Crippen molar-refractivity contribution in [3.63, 3.8) is 0 Å². The first-order valence-electron chi connectivity index (χ1n) is 6.02. The van der Waals surface area contributed by atoms with Crippen LogP contribution >= 0.6 is 11.8 Å². The molecule has 1 aromatic carbocycles. The van der Waals surface area contributed by atoms with Crippen LogP contribution in [0.15, 0.2) is 17.2 Å². The van der Waals surface area contributed by atoms with E-state index < -0.39 is 0 Å². The average Bonchev–Trinajstić information content (AvgIpc) is 2.70. The molecule has 0 aliphatic carbocycles. The number of hydrogen-bond acceptors (Lipinski definition) is 4. The Labute approximate surface area is 114 Å². The lowest BCUT2D eigenvalue weighted by Gasteiger charge is -2.19. The molecule has 2 heterocycles. The van der Waals surface area contributed by atoms with Crippen molar-refractivity contribution in [2.24, 2.45) is 5.10 Å². The molecule has 0 saturated carbocycles. The van der Waals surface area contributed by atoms with Crippen LogP contribution < -0.4 is 10.7 Å². The smallest absolute Gasteiger partial charge is 0.299 e. The van der Waals surface area contributed by atoms with Crippen molar-refractivity contribution in [1.29, 1.82) is 0 Å². The van der Waals surface area contributed by atoms with Crippen LogP contribution in [0.5, 0.6) is 0 Å². The number of amides is 2. The van der Waals surface area contributed by atoms with E-state index in [1.54, 1.807) is 0 Å². The standard InChI is InChI=1S/C13H13N3O2S/c1-6-3-8(4-9-5-10(17)14-11(6)9)12-7(2)19-13(18)16-15-12/h3-4,7H,5H2,1-2H3,(H,14,17)(H,16,18)/t7-/m0/s1. The van der Waals surface area contributed by atoms with Crippen molar-refractivity contribution in [3.05, 3.63) is 28.8 Å². The van der Waals surface area contributed by atoms with Crippen molar-refractivity contribution in [2.45, 2.75) is 25.5 Å². The lowest BCUT2D eigenvalue weighted by atomic mass is 9.99. The van der Waals surface area contributed by atoms with E-state index in [0.29, 0.717) is 6.42 Å². The molecule has 0 radical (unpaired) electrons. The molecule has 0 unspecified atom stereocenters. The van der Waals surface area contributed by atoms with Gasteiger partial charge >= 0.3 is 0 Å². The maximum absolute atomic E-state index is 11.4. The molecule has 3 rings (SSSR count). The number of hydrogen-bond donors (Lipinski definition) is 2. The van der Waals surface area contributed by atoms with Gasteiger partial charge in [0.1, 0.15) is 0 Å². The first kappa shape index (κ1) is 12.2. The number of anilines is 1. The third-order valence-electron chi connectivity index (χ3n) is 3.26. The van der Waals surface area contributed by atoms with Gasteiger partial charge in [-0.2, -0.15) is 5.10 Å². The normalized spacial score (nSPS) is 21.6. The highest BCUT2D eigenvalue weighted by atomic mass is 32.2. The van der Waals surface area contributed by atoms with Gasteiger partial charge in [-0.25, -0.2) is 5.43 Å². The van der Waals surface area contributed by atoms with E-state index in [-0.39, 0.29) is 16.4 Å². The topological polar surface area (TPSA) is 70.6 Å². The second-order valence-corrected chi connectivity index (χ2v) is 6.02. The Kier molecular flexibility index (Phi) is 2.82. The van der Waals surface area contributed by atoms with E-state index >= 15 is 0 Å². The van der Waals surface area contributed by atoms with Crippen LogP contribution in [0.4, 0.5) is 10.5 Å². The van der Waals surface area contributed by atoms with E-state index in [9.17, 15) is 9.59 Å². The van der Waals surface area contributed by atoms with Gasteiger partial charge in [-0.3, -0.25) is 9.59 Å². The summed E-state index contributed by atoms with van der Waals surface area (Å²) in [4.78, 5) is 22.7. The summed E-state index contributed by atoms with van der Waals surface area (Å²) < 4.78 is 0. The van der Waals surface area contributed by atoms with Gasteiger partial charge in [0.05, 0.1) is 17.4 Å². The van der Waals surface area contributed by atoms with E-state index in [4.69, 9.17) is 0 Å². The summed E-state index contributed by atoms with van der Waals surface area (Å²) in [6.45, 7) is 3.92. The van der Waals surface area contributed by atoms with Crippen molar-refractivity contribution < 1.29 is 9.59 Å². The number of nitrogens with zero attached hydrogens (tertiary/aromatic N) is 1. The van der Waals surface area contributed by atoms with E-state index in [2.05, 4.69) is 15.8 Å². The fraction of sp³-hybridized carbons (Fsp3) is 0.308. The minimum atomic E-state index is -0.133. The Morgan fingerprint density at radius 1 is 1.37 bits per heavy atom. The minimum absolute atomic E-state index is 0.0104. The fourth-order valence-corrected chi connectivity index (χ4v) is 3.14. The third kappa shape index (κ3) is 2.12. The largest absolute Gasteiger partial charge is 0.325 e. The minimum Gasteiger partial charge on any atom is -0.325 e. The van der Waals surface area contributed by atoms with Crippen LogP contribution in [0.25, 0.3) is 0 Å². The summed E-state index contributed by atoms with van der Waals surface area (Å²) in [6.07, 6.45) is 0.408. The highest BCUT2D eigenvalue weighted by Gasteiger charge is 2.26. The summed E-state index contributed by atoms with van der Waals surface area (Å²) in [7, 11) is 0. The predicted octanol–water partition coefficient (Wildman–Crippen LogP) is 2.04. The van der Waals surface area contributed by atoms with Crippen LogP contribution in [0.2, 0.25) is 0 Å².